The monoisotopic (exact) mass is 368 g/mol. The molecule has 0 saturated heterocycles. The van der Waals surface area contributed by atoms with Crippen molar-refractivity contribution in [2.75, 3.05) is 6.61 Å². The van der Waals surface area contributed by atoms with Gasteiger partial charge < -0.3 is 14.3 Å². The Kier molecular flexibility index (Phi) is 4.55. The molecule has 0 aliphatic rings. The maximum absolute atomic E-state index is 11.9. The van der Waals surface area contributed by atoms with Crippen molar-refractivity contribution in [3.05, 3.63) is 70.5 Å². The van der Waals surface area contributed by atoms with Crippen molar-refractivity contribution >= 4 is 22.1 Å². The van der Waals surface area contributed by atoms with E-state index in [1.54, 1.807) is 0 Å². The van der Waals surface area contributed by atoms with E-state index in [1.807, 2.05) is 60.0 Å². The standard InChI is InChI=1S/C19H16N2O4S/c22-15(11-21-19(23)25-18(20-21)17-6-3-9-26-17)12-24-16-8-7-13-4-1-2-5-14(13)10-16/h1-10,15,22H,11-12H2/t15-/m0/s1. The maximum atomic E-state index is 11.9. The van der Waals surface area contributed by atoms with Crippen LogP contribution >= 0.6 is 11.3 Å². The molecule has 4 rings (SSSR count). The SMILES string of the molecule is O=c1oc(-c2cccs2)nn1C[C@H](O)COc1ccc2ccccc2c1. The van der Waals surface area contributed by atoms with E-state index in [9.17, 15) is 9.90 Å². The highest BCUT2D eigenvalue weighted by Crippen LogP contribution is 2.22. The van der Waals surface area contributed by atoms with Crippen molar-refractivity contribution in [3.8, 4) is 16.5 Å². The van der Waals surface area contributed by atoms with Gasteiger partial charge in [-0.05, 0) is 34.4 Å². The average molecular weight is 368 g/mol. The van der Waals surface area contributed by atoms with E-state index in [-0.39, 0.29) is 19.0 Å². The van der Waals surface area contributed by atoms with Crippen LogP contribution in [0.3, 0.4) is 0 Å². The summed E-state index contributed by atoms with van der Waals surface area (Å²) in [7, 11) is 0. The number of aliphatic hydroxyl groups excluding tert-OH is 1. The molecule has 26 heavy (non-hydrogen) atoms. The van der Waals surface area contributed by atoms with E-state index in [0.29, 0.717) is 5.75 Å². The van der Waals surface area contributed by atoms with E-state index in [4.69, 9.17) is 9.15 Å². The van der Waals surface area contributed by atoms with Gasteiger partial charge in [0.05, 0.1) is 11.4 Å². The molecular formula is C19H16N2O4S. The topological polar surface area (TPSA) is 77.5 Å². The zero-order valence-corrected chi connectivity index (χ0v) is 14.6. The van der Waals surface area contributed by atoms with Gasteiger partial charge in [0.2, 0.25) is 0 Å². The number of benzene rings is 2. The van der Waals surface area contributed by atoms with Gasteiger partial charge in [-0.2, -0.15) is 4.68 Å². The van der Waals surface area contributed by atoms with Crippen molar-refractivity contribution in [1.82, 2.24) is 9.78 Å². The number of rotatable bonds is 6. The molecule has 1 atom stereocenters. The highest BCUT2D eigenvalue weighted by molar-refractivity contribution is 7.13. The summed E-state index contributed by atoms with van der Waals surface area (Å²) in [5.41, 5.74) is 0. The van der Waals surface area contributed by atoms with Crippen molar-refractivity contribution < 1.29 is 14.3 Å². The second-order valence-electron chi connectivity index (χ2n) is 5.81. The Morgan fingerprint density at radius 2 is 2.00 bits per heavy atom. The average Bonchev–Trinajstić information content (AvgIpc) is 3.30. The molecule has 132 valence electrons. The van der Waals surface area contributed by atoms with Gasteiger partial charge >= 0.3 is 5.76 Å². The molecule has 0 aliphatic heterocycles. The van der Waals surface area contributed by atoms with Gasteiger partial charge in [0.15, 0.2) is 0 Å². The molecule has 0 aliphatic carbocycles. The van der Waals surface area contributed by atoms with Crippen molar-refractivity contribution in [2.24, 2.45) is 0 Å². The van der Waals surface area contributed by atoms with Crippen molar-refractivity contribution in [2.45, 2.75) is 12.6 Å². The van der Waals surface area contributed by atoms with Crippen LogP contribution in [0.15, 0.2) is 69.2 Å². The zero-order chi connectivity index (χ0) is 17.9. The van der Waals surface area contributed by atoms with Crippen LogP contribution in [0.5, 0.6) is 5.75 Å². The van der Waals surface area contributed by atoms with Gasteiger partial charge in [0, 0.05) is 0 Å². The first-order valence-corrected chi connectivity index (χ1v) is 8.98. The third-order valence-electron chi connectivity index (χ3n) is 3.89. The molecule has 4 aromatic rings. The van der Waals surface area contributed by atoms with Crippen LogP contribution in [0.2, 0.25) is 0 Å². The lowest BCUT2D eigenvalue weighted by molar-refractivity contribution is 0.0876. The summed E-state index contributed by atoms with van der Waals surface area (Å²) >= 11 is 1.43. The number of ether oxygens (including phenoxy) is 1. The summed E-state index contributed by atoms with van der Waals surface area (Å²) in [6.07, 6.45) is -0.888. The smallest absolute Gasteiger partial charge is 0.437 e. The number of fused-ring (bicyclic) bond motifs is 1. The van der Waals surface area contributed by atoms with Gasteiger partial charge in [-0.1, -0.05) is 36.4 Å². The van der Waals surface area contributed by atoms with E-state index in [2.05, 4.69) is 5.10 Å². The molecule has 0 unspecified atom stereocenters. The molecule has 0 saturated carbocycles. The van der Waals surface area contributed by atoms with Gasteiger partial charge in [-0.25, -0.2) is 4.79 Å². The van der Waals surface area contributed by atoms with Crippen LogP contribution in [0.1, 0.15) is 0 Å². The minimum atomic E-state index is -0.888. The van der Waals surface area contributed by atoms with E-state index < -0.39 is 11.9 Å². The largest absolute Gasteiger partial charge is 0.491 e. The van der Waals surface area contributed by atoms with E-state index in [1.165, 1.54) is 11.3 Å². The Morgan fingerprint density at radius 1 is 1.15 bits per heavy atom. The van der Waals surface area contributed by atoms with E-state index in [0.717, 1.165) is 20.3 Å². The minimum Gasteiger partial charge on any atom is -0.491 e. The Morgan fingerprint density at radius 3 is 2.81 bits per heavy atom. The molecule has 2 aromatic carbocycles. The predicted octanol–water partition coefficient (Wildman–Crippen LogP) is 3.16. The highest BCUT2D eigenvalue weighted by atomic mass is 32.1. The second-order valence-corrected chi connectivity index (χ2v) is 6.75. The lowest BCUT2D eigenvalue weighted by Crippen LogP contribution is -2.29. The third-order valence-corrected chi connectivity index (χ3v) is 4.74. The van der Waals surface area contributed by atoms with Crippen LogP contribution in [-0.4, -0.2) is 27.6 Å². The number of aromatic nitrogens is 2. The van der Waals surface area contributed by atoms with Gasteiger partial charge in [0.1, 0.15) is 18.5 Å². The summed E-state index contributed by atoms with van der Waals surface area (Å²) in [6.45, 7) is 0.0489. The molecule has 0 amide bonds. The fourth-order valence-electron chi connectivity index (χ4n) is 2.62. The molecular weight excluding hydrogens is 352 g/mol. The Balaban J connectivity index is 1.40. The summed E-state index contributed by atoms with van der Waals surface area (Å²) < 4.78 is 11.9. The zero-order valence-electron chi connectivity index (χ0n) is 13.7. The molecule has 1 N–H and O–H groups in total. The normalized spacial score (nSPS) is 12.3. The summed E-state index contributed by atoms with van der Waals surface area (Å²) in [4.78, 5) is 12.6. The van der Waals surface area contributed by atoms with Crippen molar-refractivity contribution in [3.63, 3.8) is 0 Å². The molecule has 7 heteroatoms. The van der Waals surface area contributed by atoms with E-state index >= 15 is 0 Å². The Labute approximate surface area is 152 Å². The fourth-order valence-corrected chi connectivity index (χ4v) is 3.27. The van der Waals surface area contributed by atoms with Crippen LogP contribution in [0, 0.1) is 0 Å². The molecule has 0 fully saturated rings. The maximum Gasteiger partial charge on any atom is 0.437 e. The number of hydrogen-bond acceptors (Lipinski definition) is 6. The Hall–Kier alpha value is -2.90. The molecule has 0 spiro atoms. The molecule has 0 radical (unpaired) electrons. The second kappa shape index (κ2) is 7.15. The number of hydrogen-bond donors (Lipinski definition) is 1. The molecule has 2 heterocycles. The highest BCUT2D eigenvalue weighted by Gasteiger charge is 2.15. The summed E-state index contributed by atoms with van der Waals surface area (Å²) in [6, 6.07) is 17.4. The summed E-state index contributed by atoms with van der Waals surface area (Å²) in [5.74, 6) is 0.320. The van der Waals surface area contributed by atoms with Crippen LogP contribution < -0.4 is 10.5 Å². The lowest BCUT2D eigenvalue weighted by atomic mass is 10.1. The quantitative estimate of drug-likeness (QED) is 0.566. The summed E-state index contributed by atoms with van der Waals surface area (Å²) in [5, 5.41) is 18.4. The van der Waals surface area contributed by atoms with Crippen molar-refractivity contribution in [1.29, 1.82) is 0 Å². The fraction of sp³-hybridized carbons (Fsp3) is 0.158. The first kappa shape index (κ1) is 16.6. The molecule has 2 aromatic heterocycles. The van der Waals surface area contributed by atoms with Crippen LogP contribution in [0.25, 0.3) is 21.5 Å². The van der Waals surface area contributed by atoms with Gasteiger partial charge in [0.25, 0.3) is 5.89 Å². The first-order valence-electron chi connectivity index (χ1n) is 8.10. The third kappa shape index (κ3) is 3.54. The minimum absolute atomic E-state index is 0.00128. The lowest BCUT2D eigenvalue weighted by Gasteiger charge is -2.12. The predicted molar refractivity (Wildman–Crippen MR) is 99.5 cm³/mol. The van der Waals surface area contributed by atoms with Gasteiger partial charge in [-0.15, -0.1) is 16.4 Å². The van der Waals surface area contributed by atoms with Crippen LogP contribution in [0.4, 0.5) is 0 Å². The number of nitrogens with zero attached hydrogens (tertiary/aromatic N) is 2. The van der Waals surface area contributed by atoms with Gasteiger partial charge in [-0.3, -0.25) is 0 Å². The molecule has 0 bridgehead atoms. The first-order chi connectivity index (χ1) is 12.7. The number of aliphatic hydroxyl groups is 1. The number of thiophene rings is 1. The Bertz CT molecular complexity index is 1070. The molecule has 6 nitrogen and oxygen atoms in total. The van der Waals surface area contributed by atoms with Crippen LogP contribution in [-0.2, 0) is 6.54 Å².